The number of carbonyl (C=O) groups excluding carboxylic acids is 1. The van der Waals surface area contributed by atoms with Gasteiger partial charge >= 0.3 is 0 Å². The van der Waals surface area contributed by atoms with Gasteiger partial charge in [-0.2, -0.15) is 0 Å². The molecule has 3 heteroatoms. The van der Waals surface area contributed by atoms with Crippen LogP contribution in [0.5, 0.6) is 0 Å². The average Bonchev–Trinajstić information content (AvgIpc) is 2.61. The molecule has 2 aliphatic rings. The second kappa shape index (κ2) is 7.48. The van der Waals surface area contributed by atoms with E-state index in [9.17, 15) is 4.79 Å². The number of benzene rings is 1. The third kappa shape index (κ3) is 3.90. The summed E-state index contributed by atoms with van der Waals surface area (Å²) < 4.78 is 0. The number of amides is 1. The second-order valence-electron chi connectivity index (χ2n) is 6.39. The number of anilines is 1. The molecule has 3 nitrogen and oxygen atoms in total. The Morgan fingerprint density at radius 3 is 2.45 bits per heavy atom. The zero-order valence-corrected chi connectivity index (χ0v) is 13.3. The van der Waals surface area contributed by atoms with Crippen molar-refractivity contribution in [2.75, 3.05) is 24.5 Å². The molecule has 1 aromatic carbocycles. The van der Waals surface area contributed by atoms with Crippen LogP contribution < -0.4 is 10.2 Å². The lowest BCUT2D eigenvalue weighted by atomic mass is 9.99. The molecular weight excluding hydrogens is 272 g/mol. The largest absolute Gasteiger partial charge is 0.372 e. The molecule has 118 valence electrons. The van der Waals surface area contributed by atoms with Crippen molar-refractivity contribution >= 4 is 11.6 Å². The number of hydrogen-bond acceptors (Lipinski definition) is 2. The molecule has 3 rings (SSSR count). The number of nitrogens with zero attached hydrogens (tertiary/aromatic N) is 1. The minimum atomic E-state index is 0.0386. The Balaban J connectivity index is 1.55. The van der Waals surface area contributed by atoms with Gasteiger partial charge in [-0.05, 0) is 69.2 Å². The minimum absolute atomic E-state index is 0.0386. The maximum atomic E-state index is 12.2. The molecule has 0 spiro atoms. The molecular formula is C19H26N2O. The molecule has 1 N–H and O–H groups in total. The van der Waals surface area contributed by atoms with Gasteiger partial charge in [-0.15, -0.1) is 0 Å². The van der Waals surface area contributed by atoms with Crippen LogP contribution in [-0.2, 0) is 0 Å². The van der Waals surface area contributed by atoms with E-state index >= 15 is 0 Å². The van der Waals surface area contributed by atoms with Crippen LogP contribution in [0.25, 0.3) is 0 Å². The first-order chi connectivity index (χ1) is 10.8. The molecule has 0 bridgehead atoms. The number of hydrogen-bond donors (Lipinski definition) is 1. The fourth-order valence-electron chi connectivity index (χ4n) is 3.34. The van der Waals surface area contributed by atoms with Crippen LogP contribution in [0.2, 0.25) is 0 Å². The van der Waals surface area contributed by atoms with Crippen LogP contribution in [0.15, 0.2) is 35.9 Å². The Morgan fingerprint density at radius 2 is 1.77 bits per heavy atom. The van der Waals surface area contributed by atoms with Crippen molar-refractivity contribution < 1.29 is 4.79 Å². The van der Waals surface area contributed by atoms with Crippen LogP contribution in [0, 0.1) is 0 Å². The quantitative estimate of drug-likeness (QED) is 0.855. The normalized spacial score (nSPS) is 18.7. The number of carbonyl (C=O) groups is 1. The Morgan fingerprint density at radius 1 is 1.00 bits per heavy atom. The van der Waals surface area contributed by atoms with Crippen molar-refractivity contribution in [1.29, 1.82) is 0 Å². The summed E-state index contributed by atoms with van der Waals surface area (Å²) in [5.74, 6) is 0.0386. The number of rotatable bonds is 4. The van der Waals surface area contributed by atoms with Gasteiger partial charge in [0.1, 0.15) is 0 Å². The smallest absolute Gasteiger partial charge is 0.251 e. The Bertz CT molecular complexity index is 527. The van der Waals surface area contributed by atoms with E-state index in [1.165, 1.54) is 43.4 Å². The average molecular weight is 298 g/mol. The van der Waals surface area contributed by atoms with Gasteiger partial charge in [0, 0.05) is 30.9 Å². The molecule has 22 heavy (non-hydrogen) atoms. The fraction of sp³-hybridized carbons (Fsp3) is 0.526. The third-order valence-corrected chi connectivity index (χ3v) is 4.71. The first kappa shape index (κ1) is 15.1. The third-order valence-electron chi connectivity index (χ3n) is 4.71. The van der Waals surface area contributed by atoms with E-state index in [1.54, 1.807) is 0 Å². The van der Waals surface area contributed by atoms with Gasteiger partial charge in [-0.25, -0.2) is 0 Å². The highest BCUT2D eigenvalue weighted by molar-refractivity contribution is 5.94. The molecule has 1 saturated heterocycles. The molecule has 1 aliphatic carbocycles. The topological polar surface area (TPSA) is 32.3 Å². The SMILES string of the molecule is O=C(NCC1=CCCCC1)c1ccc(N2CCCCC2)cc1. The van der Waals surface area contributed by atoms with E-state index in [1.807, 2.05) is 12.1 Å². The zero-order chi connectivity index (χ0) is 15.2. The highest BCUT2D eigenvalue weighted by Crippen LogP contribution is 2.20. The molecule has 0 atom stereocenters. The lowest BCUT2D eigenvalue weighted by Crippen LogP contribution is -2.29. The highest BCUT2D eigenvalue weighted by atomic mass is 16.1. The molecule has 0 aromatic heterocycles. The van der Waals surface area contributed by atoms with Crippen molar-refractivity contribution in [3.63, 3.8) is 0 Å². The number of piperidine rings is 1. The number of allylic oxidation sites excluding steroid dienone is 1. The molecule has 1 amide bonds. The summed E-state index contributed by atoms with van der Waals surface area (Å²) >= 11 is 0. The summed E-state index contributed by atoms with van der Waals surface area (Å²) in [5, 5.41) is 3.05. The summed E-state index contributed by atoms with van der Waals surface area (Å²) in [6.45, 7) is 2.98. The van der Waals surface area contributed by atoms with Crippen LogP contribution in [0.1, 0.15) is 55.3 Å². The van der Waals surface area contributed by atoms with Crippen LogP contribution >= 0.6 is 0 Å². The van der Waals surface area contributed by atoms with Crippen molar-refractivity contribution in [3.8, 4) is 0 Å². The Kier molecular flexibility index (Phi) is 5.15. The van der Waals surface area contributed by atoms with E-state index in [0.717, 1.165) is 31.5 Å². The van der Waals surface area contributed by atoms with Gasteiger partial charge in [0.15, 0.2) is 0 Å². The molecule has 1 aliphatic heterocycles. The van der Waals surface area contributed by atoms with E-state index < -0.39 is 0 Å². The molecule has 1 fully saturated rings. The van der Waals surface area contributed by atoms with Gasteiger partial charge in [0.05, 0.1) is 0 Å². The summed E-state index contributed by atoms with van der Waals surface area (Å²) in [7, 11) is 0. The number of nitrogens with one attached hydrogen (secondary N) is 1. The van der Waals surface area contributed by atoms with Crippen molar-refractivity contribution in [2.24, 2.45) is 0 Å². The van der Waals surface area contributed by atoms with Gasteiger partial charge in [0.25, 0.3) is 5.91 Å². The summed E-state index contributed by atoms with van der Waals surface area (Å²) in [4.78, 5) is 14.6. The maximum absolute atomic E-state index is 12.2. The van der Waals surface area contributed by atoms with Gasteiger partial charge in [0.2, 0.25) is 0 Å². The van der Waals surface area contributed by atoms with Crippen molar-refractivity contribution in [1.82, 2.24) is 5.32 Å². The minimum Gasteiger partial charge on any atom is -0.372 e. The molecule has 0 unspecified atom stereocenters. The summed E-state index contributed by atoms with van der Waals surface area (Å²) in [6, 6.07) is 8.07. The first-order valence-electron chi connectivity index (χ1n) is 8.64. The first-order valence-corrected chi connectivity index (χ1v) is 8.64. The maximum Gasteiger partial charge on any atom is 0.251 e. The fourth-order valence-corrected chi connectivity index (χ4v) is 3.34. The standard InChI is InChI=1S/C19H26N2O/c22-19(20-15-16-7-3-1-4-8-16)17-9-11-18(12-10-17)21-13-5-2-6-14-21/h7,9-12H,1-6,8,13-15H2,(H,20,22). The molecule has 0 radical (unpaired) electrons. The molecule has 0 saturated carbocycles. The van der Waals surface area contributed by atoms with Crippen molar-refractivity contribution in [2.45, 2.75) is 44.9 Å². The van der Waals surface area contributed by atoms with Crippen LogP contribution in [0.4, 0.5) is 5.69 Å². The lowest BCUT2D eigenvalue weighted by Gasteiger charge is -2.28. The highest BCUT2D eigenvalue weighted by Gasteiger charge is 2.12. The second-order valence-corrected chi connectivity index (χ2v) is 6.39. The van der Waals surface area contributed by atoms with Crippen LogP contribution in [0.3, 0.4) is 0 Å². The van der Waals surface area contributed by atoms with Gasteiger partial charge in [-0.3, -0.25) is 4.79 Å². The van der Waals surface area contributed by atoms with E-state index in [2.05, 4.69) is 28.4 Å². The molecule has 1 aromatic rings. The monoisotopic (exact) mass is 298 g/mol. The molecule has 1 heterocycles. The van der Waals surface area contributed by atoms with E-state index in [0.29, 0.717) is 6.54 Å². The van der Waals surface area contributed by atoms with Gasteiger partial charge in [-0.1, -0.05) is 11.6 Å². The zero-order valence-electron chi connectivity index (χ0n) is 13.3. The lowest BCUT2D eigenvalue weighted by molar-refractivity contribution is 0.0956. The predicted molar refractivity (Wildman–Crippen MR) is 91.4 cm³/mol. The Labute approximate surface area is 133 Å². The Hall–Kier alpha value is -1.77. The van der Waals surface area contributed by atoms with Crippen LogP contribution in [-0.4, -0.2) is 25.5 Å². The van der Waals surface area contributed by atoms with Crippen molar-refractivity contribution in [3.05, 3.63) is 41.5 Å². The van der Waals surface area contributed by atoms with E-state index in [-0.39, 0.29) is 5.91 Å². The van der Waals surface area contributed by atoms with Gasteiger partial charge < -0.3 is 10.2 Å². The summed E-state index contributed by atoms with van der Waals surface area (Å²) in [6.07, 6.45) is 11.0. The van der Waals surface area contributed by atoms with E-state index in [4.69, 9.17) is 0 Å². The summed E-state index contributed by atoms with van der Waals surface area (Å²) in [5.41, 5.74) is 3.38. The predicted octanol–water partition coefficient (Wildman–Crippen LogP) is 3.91.